The Kier molecular flexibility index (Phi) is 7.43. The summed E-state index contributed by atoms with van der Waals surface area (Å²) in [5.74, 6) is -0.492. The van der Waals surface area contributed by atoms with Crippen LogP contribution in [0.2, 0.25) is 5.02 Å². The highest BCUT2D eigenvalue weighted by atomic mass is 35.5. The van der Waals surface area contributed by atoms with E-state index in [4.69, 9.17) is 16.3 Å². The standard InChI is InChI=1S/C23H22ClN3O6S2/c24-21-16-17(6-11-22(21)26-34(29,30)19-4-2-1-3-5-19)23(28)25-18-7-9-20(10-8-18)35(31,32)27-12-14-33-15-13-27/h1-11,16,26H,12-15H2,(H,25,28). The molecule has 1 aliphatic rings. The lowest BCUT2D eigenvalue weighted by atomic mass is 10.2. The number of benzene rings is 3. The van der Waals surface area contributed by atoms with Crippen LogP contribution >= 0.6 is 11.6 Å². The molecule has 1 heterocycles. The van der Waals surface area contributed by atoms with Gasteiger partial charge in [0.15, 0.2) is 0 Å². The molecule has 0 saturated carbocycles. The normalized spacial score (nSPS) is 14.9. The summed E-state index contributed by atoms with van der Waals surface area (Å²) in [6.45, 7) is 1.28. The van der Waals surface area contributed by atoms with Crippen LogP contribution in [0, 0.1) is 0 Å². The maximum atomic E-state index is 12.7. The number of nitrogens with one attached hydrogen (secondary N) is 2. The number of halogens is 1. The summed E-state index contributed by atoms with van der Waals surface area (Å²) in [7, 11) is -7.47. The largest absolute Gasteiger partial charge is 0.379 e. The Morgan fingerprint density at radius 1 is 0.857 bits per heavy atom. The predicted octanol–water partition coefficient (Wildman–Crippen LogP) is 3.41. The first-order valence-electron chi connectivity index (χ1n) is 10.5. The molecule has 0 radical (unpaired) electrons. The second kappa shape index (κ2) is 10.3. The summed E-state index contributed by atoms with van der Waals surface area (Å²) in [4.78, 5) is 12.9. The lowest BCUT2D eigenvalue weighted by molar-refractivity contribution is 0.0730. The third-order valence-corrected chi connectivity index (χ3v) is 8.86. The van der Waals surface area contributed by atoms with Crippen molar-refractivity contribution < 1.29 is 26.4 Å². The number of nitrogens with zero attached hydrogens (tertiary/aromatic N) is 1. The highest BCUT2D eigenvalue weighted by molar-refractivity contribution is 7.92. The summed E-state index contributed by atoms with van der Waals surface area (Å²) >= 11 is 6.23. The fraction of sp³-hybridized carbons (Fsp3) is 0.174. The molecule has 0 aliphatic carbocycles. The monoisotopic (exact) mass is 535 g/mol. The van der Waals surface area contributed by atoms with Crippen molar-refractivity contribution in [3.63, 3.8) is 0 Å². The van der Waals surface area contributed by atoms with Gasteiger partial charge >= 0.3 is 0 Å². The van der Waals surface area contributed by atoms with Gasteiger partial charge in [-0.1, -0.05) is 29.8 Å². The number of morpholine rings is 1. The Balaban J connectivity index is 1.44. The van der Waals surface area contributed by atoms with E-state index in [1.807, 2.05) is 0 Å². The molecule has 0 spiro atoms. The van der Waals surface area contributed by atoms with Crippen LogP contribution in [-0.2, 0) is 24.8 Å². The third-order valence-electron chi connectivity index (χ3n) is 5.25. The van der Waals surface area contributed by atoms with Crippen molar-refractivity contribution in [2.45, 2.75) is 9.79 Å². The van der Waals surface area contributed by atoms with Crippen LogP contribution in [0.3, 0.4) is 0 Å². The molecule has 0 bridgehead atoms. The SMILES string of the molecule is O=C(Nc1ccc(S(=O)(=O)N2CCOCC2)cc1)c1ccc(NS(=O)(=O)c2ccccc2)c(Cl)c1. The fourth-order valence-corrected chi connectivity index (χ4v) is 6.18. The van der Waals surface area contributed by atoms with Crippen LogP contribution in [-0.4, -0.2) is 53.4 Å². The van der Waals surface area contributed by atoms with Gasteiger partial charge in [0, 0.05) is 24.3 Å². The van der Waals surface area contributed by atoms with Crippen LogP contribution in [0.5, 0.6) is 0 Å². The molecule has 184 valence electrons. The van der Waals surface area contributed by atoms with Crippen LogP contribution in [0.1, 0.15) is 10.4 Å². The van der Waals surface area contributed by atoms with Crippen LogP contribution in [0.15, 0.2) is 82.6 Å². The summed E-state index contributed by atoms with van der Waals surface area (Å²) < 4.78 is 59.4. The van der Waals surface area contributed by atoms with E-state index in [0.717, 1.165) is 0 Å². The van der Waals surface area contributed by atoms with Crippen LogP contribution in [0.25, 0.3) is 0 Å². The van der Waals surface area contributed by atoms with Gasteiger partial charge < -0.3 is 10.1 Å². The Hall–Kier alpha value is -2.96. The molecule has 1 fully saturated rings. The number of hydrogen-bond donors (Lipinski definition) is 2. The number of anilines is 2. The highest BCUT2D eigenvalue weighted by Crippen LogP contribution is 2.26. The quantitative estimate of drug-likeness (QED) is 0.478. The molecule has 1 amide bonds. The van der Waals surface area contributed by atoms with Gasteiger partial charge in [0.1, 0.15) is 0 Å². The van der Waals surface area contributed by atoms with E-state index in [9.17, 15) is 21.6 Å². The first-order chi connectivity index (χ1) is 16.7. The zero-order valence-corrected chi connectivity index (χ0v) is 20.7. The van der Waals surface area contributed by atoms with Crippen LogP contribution in [0.4, 0.5) is 11.4 Å². The average Bonchev–Trinajstić information content (AvgIpc) is 2.86. The van der Waals surface area contributed by atoms with E-state index < -0.39 is 26.0 Å². The second-order valence-corrected chi connectivity index (χ2v) is 11.6. The third kappa shape index (κ3) is 5.82. The number of sulfonamides is 2. The Morgan fingerprint density at radius 2 is 1.51 bits per heavy atom. The van der Waals surface area contributed by atoms with Gasteiger partial charge in [-0.05, 0) is 54.6 Å². The van der Waals surface area contributed by atoms with E-state index in [2.05, 4.69) is 10.0 Å². The molecule has 4 rings (SSSR count). The van der Waals surface area contributed by atoms with Gasteiger partial charge in [-0.25, -0.2) is 16.8 Å². The van der Waals surface area contributed by atoms with Crippen molar-refractivity contribution in [2.75, 3.05) is 36.3 Å². The number of carbonyl (C=O) groups excluding carboxylic acids is 1. The fourth-order valence-electron chi connectivity index (χ4n) is 3.39. The maximum Gasteiger partial charge on any atom is 0.261 e. The minimum absolute atomic E-state index is 0.0455. The lowest BCUT2D eigenvalue weighted by Crippen LogP contribution is -2.40. The first kappa shape index (κ1) is 25.1. The van der Waals surface area contributed by atoms with Gasteiger partial charge in [0.25, 0.3) is 15.9 Å². The molecule has 0 atom stereocenters. The molecule has 1 aliphatic heterocycles. The maximum absolute atomic E-state index is 12.7. The summed E-state index contributed by atoms with van der Waals surface area (Å²) in [6, 6.07) is 17.8. The number of hydrogen-bond acceptors (Lipinski definition) is 6. The van der Waals surface area contributed by atoms with Gasteiger partial charge in [0.2, 0.25) is 10.0 Å². The Bertz CT molecular complexity index is 1420. The van der Waals surface area contributed by atoms with Gasteiger partial charge in [-0.3, -0.25) is 9.52 Å². The molecular formula is C23H22ClN3O6S2. The van der Waals surface area contributed by atoms with Crippen molar-refractivity contribution in [2.24, 2.45) is 0 Å². The van der Waals surface area contributed by atoms with E-state index in [-0.39, 0.29) is 26.1 Å². The number of carbonyl (C=O) groups is 1. The Morgan fingerprint density at radius 3 is 2.14 bits per heavy atom. The minimum atomic E-state index is -3.84. The van der Waals surface area contributed by atoms with Crippen molar-refractivity contribution in [3.8, 4) is 0 Å². The zero-order chi connectivity index (χ0) is 25.1. The van der Waals surface area contributed by atoms with Gasteiger partial charge in [-0.2, -0.15) is 4.31 Å². The number of rotatable bonds is 7. The van der Waals surface area contributed by atoms with E-state index in [1.165, 1.54) is 58.9 Å². The topological polar surface area (TPSA) is 122 Å². The van der Waals surface area contributed by atoms with Crippen molar-refractivity contribution >= 4 is 48.9 Å². The van der Waals surface area contributed by atoms with E-state index >= 15 is 0 Å². The predicted molar refractivity (Wildman–Crippen MR) is 133 cm³/mol. The van der Waals surface area contributed by atoms with E-state index in [1.54, 1.807) is 18.2 Å². The molecule has 0 aromatic heterocycles. The molecule has 2 N–H and O–H groups in total. The van der Waals surface area contributed by atoms with Gasteiger partial charge in [0.05, 0.1) is 33.7 Å². The lowest BCUT2D eigenvalue weighted by Gasteiger charge is -2.26. The number of amides is 1. The molecule has 9 nitrogen and oxygen atoms in total. The molecule has 1 saturated heterocycles. The summed E-state index contributed by atoms with van der Waals surface area (Å²) in [6.07, 6.45) is 0. The smallest absolute Gasteiger partial charge is 0.261 e. The second-order valence-electron chi connectivity index (χ2n) is 7.61. The van der Waals surface area contributed by atoms with Crippen molar-refractivity contribution in [1.82, 2.24) is 4.31 Å². The molecule has 3 aromatic carbocycles. The first-order valence-corrected chi connectivity index (χ1v) is 13.8. The summed E-state index contributed by atoms with van der Waals surface area (Å²) in [5.41, 5.74) is 0.716. The van der Waals surface area contributed by atoms with E-state index in [0.29, 0.717) is 32.0 Å². The van der Waals surface area contributed by atoms with Crippen LogP contribution < -0.4 is 10.0 Å². The minimum Gasteiger partial charge on any atom is -0.379 e. The van der Waals surface area contributed by atoms with Crippen molar-refractivity contribution in [3.05, 3.63) is 83.4 Å². The molecule has 3 aromatic rings. The molecule has 35 heavy (non-hydrogen) atoms. The molecular weight excluding hydrogens is 514 g/mol. The highest BCUT2D eigenvalue weighted by Gasteiger charge is 2.26. The van der Waals surface area contributed by atoms with Crippen molar-refractivity contribution in [1.29, 1.82) is 0 Å². The zero-order valence-electron chi connectivity index (χ0n) is 18.3. The molecule has 0 unspecified atom stereocenters. The molecule has 12 heteroatoms. The average molecular weight is 536 g/mol. The van der Waals surface area contributed by atoms with Gasteiger partial charge in [-0.15, -0.1) is 0 Å². The summed E-state index contributed by atoms with van der Waals surface area (Å²) in [5, 5.41) is 2.72. The Labute approximate surface area is 208 Å². The number of ether oxygens (including phenoxy) is 1.